The quantitative estimate of drug-likeness (QED) is 0.830. The molecule has 0 spiro atoms. The Morgan fingerprint density at radius 1 is 1.37 bits per heavy atom. The molecular formula is C13H18BrN3O2. The van der Waals surface area contributed by atoms with E-state index in [-0.39, 0.29) is 24.4 Å². The largest absolute Gasteiger partial charge is 0.342 e. The average molecular weight is 328 g/mol. The Labute approximate surface area is 121 Å². The fourth-order valence-electron chi connectivity index (χ4n) is 2.14. The van der Waals surface area contributed by atoms with Crippen LogP contribution in [0, 0.1) is 0 Å². The van der Waals surface area contributed by atoms with Gasteiger partial charge in [0.15, 0.2) is 0 Å². The highest BCUT2D eigenvalue weighted by atomic mass is 79.9. The number of carbonyl (C=O) groups is 2. The molecule has 1 saturated heterocycles. The van der Waals surface area contributed by atoms with E-state index >= 15 is 0 Å². The summed E-state index contributed by atoms with van der Waals surface area (Å²) in [7, 11) is 1.76. The van der Waals surface area contributed by atoms with Crippen LogP contribution in [0.5, 0.6) is 0 Å². The van der Waals surface area contributed by atoms with Crippen LogP contribution in [0.4, 0.5) is 0 Å². The zero-order chi connectivity index (χ0) is 14.2. The second-order valence-electron chi connectivity index (χ2n) is 5.09. The van der Waals surface area contributed by atoms with Gasteiger partial charge in [-0.1, -0.05) is 0 Å². The van der Waals surface area contributed by atoms with Crippen LogP contribution in [-0.4, -0.2) is 52.9 Å². The van der Waals surface area contributed by atoms with E-state index in [0.29, 0.717) is 18.8 Å². The van der Waals surface area contributed by atoms with Crippen molar-refractivity contribution < 1.29 is 9.59 Å². The number of rotatable bonds is 2. The second kappa shape index (κ2) is 5.36. The Balaban J connectivity index is 2.22. The van der Waals surface area contributed by atoms with Crippen LogP contribution in [0.3, 0.4) is 0 Å². The van der Waals surface area contributed by atoms with Crippen LogP contribution in [-0.2, 0) is 4.79 Å². The summed E-state index contributed by atoms with van der Waals surface area (Å²) >= 11 is 3.40. The molecule has 2 heterocycles. The van der Waals surface area contributed by atoms with E-state index in [2.05, 4.69) is 15.9 Å². The molecule has 0 aromatic carbocycles. The molecule has 2 amide bonds. The maximum atomic E-state index is 12.5. The molecule has 1 aliphatic rings. The third-order valence-electron chi connectivity index (χ3n) is 3.34. The first-order chi connectivity index (χ1) is 8.90. The van der Waals surface area contributed by atoms with Crippen LogP contribution in [0.1, 0.15) is 30.4 Å². The maximum absolute atomic E-state index is 12.5. The van der Waals surface area contributed by atoms with Crippen molar-refractivity contribution in [3.05, 3.63) is 22.4 Å². The van der Waals surface area contributed by atoms with Gasteiger partial charge in [0.05, 0.1) is 0 Å². The van der Waals surface area contributed by atoms with Crippen molar-refractivity contribution in [1.29, 1.82) is 0 Å². The smallest absolute Gasteiger partial charge is 0.271 e. The molecule has 2 rings (SSSR count). The fourth-order valence-corrected chi connectivity index (χ4v) is 2.58. The van der Waals surface area contributed by atoms with E-state index in [0.717, 1.165) is 4.47 Å². The van der Waals surface area contributed by atoms with Crippen molar-refractivity contribution in [3.8, 4) is 0 Å². The highest BCUT2D eigenvalue weighted by Crippen LogP contribution is 2.21. The van der Waals surface area contributed by atoms with Crippen LogP contribution < -0.4 is 0 Å². The minimum atomic E-state index is -0.0825. The number of halogens is 1. The maximum Gasteiger partial charge on any atom is 0.271 e. The predicted octanol–water partition coefficient (Wildman–Crippen LogP) is 1.75. The lowest BCUT2D eigenvalue weighted by molar-refractivity contribution is -0.133. The van der Waals surface area contributed by atoms with Crippen molar-refractivity contribution in [3.63, 3.8) is 0 Å². The Hall–Kier alpha value is -1.30. The van der Waals surface area contributed by atoms with Crippen molar-refractivity contribution >= 4 is 27.7 Å². The topological polar surface area (TPSA) is 45.6 Å². The van der Waals surface area contributed by atoms with Gasteiger partial charge in [-0.3, -0.25) is 9.59 Å². The molecule has 1 aromatic rings. The normalized spacial score (nSPS) is 16.4. The first-order valence-electron chi connectivity index (χ1n) is 6.30. The first-order valence-corrected chi connectivity index (χ1v) is 7.10. The van der Waals surface area contributed by atoms with E-state index in [4.69, 9.17) is 0 Å². The molecule has 0 N–H and O–H groups in total. The van der Waals surface area contributed by atoms with Crippen molar-refractivity contribution in [2.45, 2.75) is 19.9 Å². The fraction of sp³-hybridized carbons (Fsp3) is 0.538. The summed E-state index contributed by atoms with van der Waals surface area (Å²) in [5.41, 5.74) is 0.624. The van der Waals surface area contributed by atoms with E-state index in [1.165, 1.54) is 0 Å². The molecule has 0 aliphatic carbocycles. The van der Waals surface area contributed by atoms with E-state index in [1.807, 2.05) is 30.7 Å². The van der Waals surface area contributed by atoms with Crippen molar-refractivity contribution in [2.75, 3.05) is 26.7 Å². The summed E-state index contributed by atoms with van der Waals surface area (Å²) in [6.45, 7) is 5.39. The van der Waals surface area contributed by atoms with E-state index in [9.17, 15) is 9.59 Å². The van der Waals surface area contributed by atoms with Crippen LogP contribution in [0.2, 0.25) is 0 Å². The number of hydrogen-bond acceptors (Lipinski definition) is 2. The molecular weight excluding hydrogens is 310 g/mol. The van der Waals surface area contributed by atoms with Gasteiger partial charge in [0, 0.05) is 36.8 Å². The van der Waals surface area contributed by atoms with Gasteiger partial charge in [-0.25, -0.2) is 0 Å². The number of hydrogen-bond donors (Lipinski definition) is 0. The highest BCUT2D eigenvalue weighted by Gasteiger charge is 2.27. The number of amides is 2. The van der Waals surface area contributed by atoms with Gasteiger partial charge in [-0.15, -0.1) is 0 Å². The number of likely N-dealkylation sites (N-methyl/N-ethyl adjacent to an activating group) is 1. The zero-order valence-electron chi connectivity index (χ0n) is 11.4. The van der Waals surface area contributed by atoms with Crippen LogP contribution in [0.25, 0.3) is 0 Å². The molecule has 1 fully saturated rings. The third kappa shape index (κ3) is 2.83. The zero-order valence-corrected chi connectivity index (χ0v) is 13.0. The minimum absolute atomic E-state index is 0.0127. The standard InChI is InChI=1S/C13H18BrN3O2/c1-9(2)17-7-10(14)6-11(17)13(19)16-5-4-15(3)12(18)8-16/h6-7,9H,4-5,8H2,1-3H3. The van der Waals surface area contributed by atoms with Gasteiger partial charge in [-0.05, 0) is 35.8 Å². The Morgan fingerprint density at radius 2 is 2.05 bits per heavy atom. The summed E-state index contributed by atoms with van der Waals surface area (Å²) < 4.78 is 2.81. The van der Waals surface area contributed by atoms with E-state index in [1.54, 1.807) is 16.8 Å². The van der Waals surface area contributed by atoms with Crippen molar-refractivity contribution in [1.82, 2.24) is 14.4 Å². The average Bonchev–Trinajstić information content (AvgIpc) is 2.74. The number of carbonyl (C=O) groups excluding carboxylic acids is 2. The SMILES string of the molecule is CC(C)n1cc(Br)cc1C(=O)N1CCN(C)C(=O)C1. The number of nitrogens with zero attached hydrogens (tertiary/aromatic N) is 3. The lowest BCUT2D eigenvalue weighted by Crippen LogP contribution is -2.51. The summed E-state index contributed by atoms with van der Waals surface area (Å²) in [5, 5.41) is 0. The van der Waals surface area contributed by atoms with Crippen LogP contribution >= 0.6 is 15.9 Å². The lowest BCUT2D eigenvalue weighted by Gasteiger charge is -2.32. The molecule has 0 saturated carbocycles. The van der Waals surface area contributed by atoms with Gasteiger partial charge in [0.25, 0.3) is 5.91 Å². The molecule has 0 bridgehead atoms. The van der Waals surface area contributed by atoms with Crippen LogP contribution in [0.15, 0.2) is 16.7 Å². The summed E-state index contributed by atoms with van der Waals surface area (Å²) in [4.78, 5) is 27.5. The number of piperazine rings is 1. The molecule has 0 radical (unpaired) electrons. The van der Waals surface area contributed by atoms with Gasteiger partial charge >= 0.3 is 0 Å². The summed E-state index contributed by atoms with van der Waals surface area (Å²) in [6.07, 6.45) is 1.90. The lowest BCUT2D eigenvalue weighted by atomic mass is 10.2. The molecule has 0 atom stereocenters. The molecule has 19 heavy (non-hydrogen) atoms. The molecule has 104 valence electrons. The molecule has 0 unspecified atom stereocenters. The number of aromatic nitrogens is 1. The molecule has 5 nitrogen and oxygen atoms in total. The Bertz CT molecular complexity index is 510. The highest BCUT2D eigenvalue weighted by molar-refractivity contribution is 9.10. The Kier molecular flexibility index (Phi) is 3.99. The minimum Gasteiger partial charge on any atom is -0.342 e. The summed E-state index contributed by atoms with van der Waals surface area (Å²) in [5.74, 6) is -0.0952. The molecule has 1 aromatic heterocycles. The van der Waals surface area contributed by atoms with E-state index < -0.39 is 0 Å². The second-order valence-corrected chi connectivity index (χ2v) is 6.00. The predicted molar refractivity (Wildman–Crippen MR) is 76.1 cm³/mol. The van der Waals surface area contributed by atoms with Gasteiger partial charge in [-0.2, -0.15) is 0 Å². The monoisotopic (exact) mass is 327 g/mol. The Morgan fingerprint density at radius 3 is 2.63 bits per heavy atom. The third-order valence-corrected chi connectivity index (χ3v) is 3.77. The van der Waals surface area contributed by atoms with Gasteiger partial charge in [0.1, 0.15) is 12.2 Å². The van der Waals surface area contributed by atoms with Gasteiger partial charge < -0.3 is 14.4 Å². The first kappa shape index (κ1) is 14.1. The molecule has 6 heteroatoms. The van der Waals surface area contributed by atoms with Crippen molar-refractivity contribution in [2.24, 2.45) is 0 Å². The molecule has 1 aliphatic heterocycles. The summed E-state index contributed by atoms with van der Waals surface area (Å²) in [6, 6.07) is 2.01. The van der Waals surface area contributed by atoms with Gasteiger partial charge in [0.2, 0.25) is 5.91 Å².